The zero-order valence-corrected chi connectivity index (χ0v) is 7.53. The summed E-state index contributed by atoms with van der Waals surface area (Å²) in [6.07, 6.45) is 6.84. The average Bonchev–Trinajstić information content (AvgIpc) is 2.74. The van der Waals surface area contributed by atoms with E-state index >= 15 is 0 Å². The summed E-state index contributed by atoms with van der Waals surface area (Å²) in [5.74, 6) is 0.733. The summed E-state index contributed by atoms with van der Waals surface area (Å²) < 4.78 is 0. The third-order valence-corrected chi connectivity index (χ3v) is 3.01. The molecule has 1 aromatic heterocycles. The maximum absolute atomic E-state index is 4.24. The SMILES string of the molecule is C1=C(c2cc[nH]n2)C2CCCN1C2. The van der Waals surface area contributed by atoms with Crippen LogP contribution in [0.2, 0.25) is 0 Å². The summed E-state index contributed by atoms with van der Waals surface area (Å²) in [6, 6.07) is 2.06. The molecule has 3 heterocycles. The molecule has 0 aromatic carbocycles. The van der Waals surface area contributed by atoms with E-state index in [-0.39, 0.29) is 0 Å². The predicted octanol–water partition coefficient (Wildman–Crippen LogP) is 1.48. The lowest BCUT2D eigenvalue weighted by atomic mass is 9.93. The molecular weight excluding hydrogens is 162 g/mol. The molecule has 0 saturated carbocycles. The molecule has 2 aliphatic rings. The molecule has 0 radical (unpaired) electrons. The molecule has 3 nitrogen and oxygen atoms in total. The molecule has 1 atom stereocenters. The van der Waals surface area contributed by atoms with Gasteiger partial charge < -0.3 is 4.90 Å². The minimum Gasteiger partial charge on any atom is -0.376 e. The van der Waals surface area contributed by atoms with E-state index in [2.05, 4.69) is 27.4 Å². The predicted molar refractivity (Wildman–Crippen MR) is 50.9 cm³/mol. The molecule has 1 fully saturated rings. The standard InChI is InChI=1S/C10H13N3/c1-2-8-6-13(5-1)7-9(8)10-3-4-11-12-10/h3-4,7-8H,1-2,5-6H2,(H,11,12). The van der Waals surface area contributed by atoms with Gasteiger partial charge in [0.05, 0.1) is 5.69 Å². The van der Waals surface area contributed by atoms with Gasteiger partial charge in [-0.1, -0.05) is 0 Å². The Labute approximate surface area is 77.4 Å². The Balaban J connectivity index is 1.96. The summed E-state index contributed by atoms with van der Waals surface area (Å²) in [6.45, 7) is 2.44. The zero-order valence-electron chi connectivity index (χ0n) is 7.53. The van der Waals surface area contributed by atoms with Crippen molar-refractivity contribution in [3.8, 4) is 0 Å². The van der Waals surface area contributed by atoms with Crippen LogP contribution in [0.3, 0.4) is 0 Å². The molecule has 1 saturated heterocycles. The van der Waals surface area contributed by atoms with Crippen LogP contribution in [0.25, 0.3) is 5.57 Å². The van der Waals surface area contributed by atoms with Crippen molar-refractivity contribution in [1.29, 1.82) is 0 Å². The van der Waals surface area contributed by atoms with Crippen molar-refractivity contribution >= 4 is 5.57 Å². The van der Waals surface area contributed by atoms with Crippen molar-refractivity contribution < 1.29 is 0 Å². The van der Waals surface area contributed by atoms with Gasteiger partial charge in [0.2, 0.25) is 0 Å². The van der Waals surface area contributed by atoms with Crippen LogP contribution >= 0.6 is 0 Å². The number of hydrogen-bond donors (Lipinski definition) is 1. The first kappa shape index (κ1) is 7.18. The van der Waals surface area contributed by atoms with Crippen LogP contribution in [0, 0.1) is 5.92 Å². The summed E-state index contributed by atoms with van der Waals surface area (Å²) in [5.41, 5.74) is 2.56. The van der Waals surface area contributed by atoms with Crippen LogP contribution in [0.4, 0.5) is 0 Å². The first-order valence-electron chi connectivity index (χ1n) is 4.89. The molecule has 1 unspecified atom stereocenters. The number of rotatable bonds is 1. The van der Waals surface area contributed by atoms with Gasteiger partial charge in [-0.25, -0.2) is 0 Å². The molecule has 1 aromatic rings. The van der Waals surface area contributed by atoms with E-state index in [4.69, 9.17) is 0 Å². The number of aromatic amines is 1. The Bertz CT molecular complexity index is 326. The zero-order chi connectivity index (χ0) is 8.67. The first-order valence-corrected chi connectivity index (χ1v) is 4.89. The molecule has 3 rings (SSSR count). The number of H-pyrrole nitrogens is 1. The van der Waals surface area contributed by atoms with Gasteiger partial charge >= 0.3 is 0 Å². The van der Waals surface area contributed by atoms with Crippen LogP contribution in [0.1, 0.15) is 18.5 Å². The van der Waals surface area contributed by atoms with E-state index in [0.717, 1.165) is 11.6 Å². The van der Waals surface area contributed by atoms with E-state index in [1.807, 2.05) is 6.20 Å². The number of nitrogens with zero attached hydrogens (tertiary/aromatic N) is 2. The Morgan fingerprint density at radius 1 is 1.54 bits per heavy atom. The fraction of sp³-hybridized carbons (Fsp3) is 0.500. The molecule has 2 aliphatic heterocycles. The smallest absolute Gasteiger partial charge is 0.0898 e. The highest BCUT2D eigenvalue weighted by atomic mass is 15.2. The number of piperidine rings is 1. The number of hydrogen-bond acceptors (Lipinski definition) is 2. The monoisotopic (exact) mass is 175 g/mol. The highest BCUT2D eigenvalue weighted by molar-refractivity contribution is 5.66. The summed E-state index contributed by atoms with van der Waals surface area (Å²) in [4.78, 5) is 2.41. The van der Waals surface area contributed by atoms with Crippen molar-refractivity contribution in [2.45, 2.75) is 12.8 Å². The molecule has 3 heteroatoms. The highest BCUT2D eigenvalue weighted by Gasteiger charge is 2.29. The van der Waals surface area contributed by atoms with Gasteiger partial charge in [-0.3, -0.25) is 5.10 Å². The lowest BCUT2D eigenvalue weighted by Gasteiger charge is -2.23. The number of fused-ring (bicyclic) bond motifs is 2. The number of aromatic nitrogens is 2. The largest absolute Gasteiger partial charge is 0.376 e. The van der Waals surface area contributed by atoms with E-state index in [0.29, 0.717) is 0 Å². The van der Waals surface area contributed by atoms with Gasteiger partial charge in [0.1, 0.15) is 0 Å². The van der Waals surface area contributed by atoms with Crippen LogP contribution in [-0.2, 0) is 0 Å². The fourth-order valence-electron chi connectivity index (χ4n) is 2.38. The average molecular weight is 175 g/mol. The molecule has 13 heavy (non-hydrogen) atoms. The fourth-order valence-corrected chi connectivity index (χ4v) is 2.38. The Hall–Kier alpha value is -1.25. The van der Waals surface area contributed by atoms with Crippen LogP contribution < -0.4 is 0 Å². The molecule has 68 valence electrons. The van der Waals surface area contributed by atoms with Crippen LogP contribution in [-0.4, -0.2) is 28.2 Å². The van der Waals surface area contributed by atoms with Gasteiger partial charge in [0, 0.05) is 37.0 Å². The Morgan fingerprint density at radius 2 is 2.54 bits per heavy atom. The van der Waals surface area contributed by atoms with Gasteiger partial charge in [-0.2, -0.15) is 5.10 Å². The molecular formula is C10H13N3. The normalized spacial score (nSPS) is 26.3. The molecule has 0 spiro atoms. The number of nitrogens with one attached hydrogen (secondary N) is 1. The van der Waals surface area contributed by atoms with Crippen molar-refractivity contribution in [2.75, 3.05) is 13.1 Å². The van der Waals surface area contributed by atoms with Crippen molar-refractivity contribution in [2.24, 2.45) is 5.92 Å². The second-order valence-electron chi connectivity index (χ2n) is 3.88. The Morgan fingerprint density at radius 3 is 3.31 bits per heavy atom. The molecule has 1 N–H and O–H groups in total. The summed E-state index contributed by atoms with van der Waals surface area (Å²) in [5, 5.41) is 7.12. The maximum Gasteiger partial charge on any atom is 0.0898 e. The van der Waals surface area contributed by atoms with Crippen LogP contribution in [0.15, 0.2) is 18.5 Å². The highest BCUT2D eigenvalue weighted by Crippen LogP contribution is 2.35. The lowest BCUT2D eigenvalue weighted by Crippen LogP contribution is -2.25. The van der Waals surface area contributed by atoms with E-state index in [1.54, 1.807) is 0 Å². The maximum atomic E-state index is 4.24. The minimum absolute atomic E-state index is 0.733. The second kappa shape index (κ2) is 2.62. The minimum atomic E-state index is 0.733. The van der Waals surface area contributed by atoms with Crippen LogP contribution in [0.5, 0.6) is 0 Å². The first-order chi connectivity index (χ1) is 6.43. The second-order valence-corrected chi connectivity index (χ2v) is 3.88. The van der Waals surface area contributed by atoms with E-state index < -0.39 is 0 Å². The third-order valence-electron chi connectivity index (χ3n) is 3.01. The molecule has 0 aliphatic carbocycles. The van der Waals surface area contributed by atoms with Crippen molar-refractivity contribution in [1.82, 2.24) is 15.1 Å². The van der Waals surface area contributed by atoms with Gasteiger partial charge in [-0.15, -0.1) is 0 Å². The molecule has 0 amide bonds. The summed E-state index contributed by atoms with van der Waals surface area (Å²) in [7, 11) is 0. The Kier molecular flexibility index (Phi) is 1.45. The third kappa shape index (κ3) is 1.07. The van der Waals surface area contributed by atoms with Crippen molar-refractivity contribution in [3.63, 3.8) is 0 Å². The lowest BCUT2D eigenvalue weighted by molar-refractivity contribution is 0.299. The van der Waals surface area contributed by atoms with Gasteiger partial charge in [-0.05, 0) is 18.9 Å². The van der Waals surface area contributed by atoms with E-state index in [1.165, 1.54) is 31.5 Å². The summed E-state index contributed by atoms with van der Waals surface area (Å²) >= 11 is 0. The quantitative estimate of drug-likeness (QED) is 0.701. The van der Waals surface area contributed by atoms with E-state index in [9.17, 15) is 0 Å². The topological polar surface area (TPSA) is 31.9 Å². The van der Waals surface area contributed by atoms with Gasteiger partial charge in [0.15, 0.2) is 0 Å². The molecule has 2 bridgehead atoms. The van der Waals surface area contributed by atoms with Crippen molar-refractivity contribution in [3.05, 3.63) is 24.2 Å². The van der Waals surface area contributed by atoms with Gasteiger partial charge in [0.25, 0.3) is 0 Å².